The number of hydrogen-bond acceptors (Lipinski definition) is 7. The Morgan fingerprint density at radius 1 is 1.39 bits per heavy atom. The molecule has 3 rings (SSSR count). The van der Waals surface area contributed by atoms with E-state index in [9.17, 15) is 4.79 Å². The molecule has 0 spiro atoms. The van der Waals surface area contributed by atoms with Crippen molar-refractivity contribution < 1.29 is 9.21 Å². The minimum Gasteiger partial charge on any atom is -0.469 e. The smallest absolute Gasteiger partial charge is 0.273 e. The fraction of sp³-hybridized carbons (Fsp3) is 0.357. The lowest BCUT2D eigenvalue weighted by Crippen LogP contribution is -2.26. The summed E-state index contributed by atoms with van der Waals surface area (Å²) in [5.74, 6) is 0.589. The fourth-order valence-electron chi connectivity index (χ4n) is 2.09. The van der Waals surface area contributed by atoms with Gasteiger partial charge in [-0.05, 0) is 26.0 Å². The van der Waals surface area contributed by atoms with E-state index >= 15 is 0 Å². The van der Waals surface area contributed by atoms with Crippen LogP contribution >= 0.6 is 11.7 Å². The van der Waals surface area contributed by atoms with E-state index < -0.39 is 0 Å². The van der Waals surface area contributed by atoms with Gasteiger partial charge in [-0.1, -0.05) is 5.21 Å². The average Bonchev–Trinajstić information content (AvgIpc) is 3.24. The van der Waals surface area contributed by atoms with Gasteiger partial charge in [0, 0.05) is 13.0 Å². The highest BCUT2D eigenvalue weighted by atomic mass is 32.1. The maximum absolute atomic E-state index is 12.2. The number of furan rings is 1. The summed E-state index contributed by atoms with van der Waals surface area (Å²) >= 11 is 1.16. The monoisotopic (exact) mass is 332 g/mol. The van der Waals surface area contributed by atoms with E-state index in [1.165, 1.54) is 0 Å². The van der Waals surface area contributed by atoms with Crippen molar-refractivity contribution in [2.24, 2.45) is 0 Å². The number of carbonyl (C=O) groups is 1. The Bertz CT molecular complexity index is 792. The normalized spacial score (nSPS) is 10.9. The first-order valence-corrected chi connectivity index (χ1v) is 7.87. The fourth-order valence-corrected chi connectivity index (χ4v) is 2.65. The molecule has 3 heterocycles. The van der Waals surface area contributed by atoms with Crippen LogP contribution in [0.4, 0.5) is 0 Å². The maximum atomic E-state index is 12.2. The first-order chi connectivity index (χ1) is 11.1. The van der Waals surface area contributed by atoms with Crippen molar-refractivity contribution >= 4 is 17.6 Å². The van der Waals surface area contributed by atoms with Crippen molar-refractivity contribution in [2.75, 3.05) is 6.54 Å². The lowest BCUT2D eigenvalue weighted by molar-refractivity contribution is 0.0948. The van der Waals surface area contributed by atoms with Gasteiger partial charge in [0.05, 0.1) is 41.6 Å². The van der Waals surface area contributed by atoms with Crippen molar-refractivity contribution in [2.45, 2.75) is 26.8 Å². The van der Waals surface area contributed by atoms with E-state index in [2.05, 4.69) is 24.4 Å². The van der Waals surface area contributed by atoms with Crippen LogP contribution in [-0.4, -0.2) is 36.2 Å². The summed E-state index contributed by atoms with van der Waals surface area (Å²) in [6.07, 6.45) is 2.25. The van der Waals surface area contributed by atoms with Crippen molar-refractivity contribution in [3.05, 3.63) is 46.9 Å². The second-order valence-corrected chi connectivity index (χ2v) is 5.59. The van der Waals surface area contributed by atoms with E-state index in [-0.39, 0.29) is 5.91 Å². The summed E-state index contributed by atoms with van der Waals surface area (Å²) in [4.78, 5) is 12.2. The molecular weight excluding hydrogens is 316 g/mol. The van der Waals surface area contributed by atoms with Gasteiger partial charge in [-0.2, -0.15) is 8.75 Å². The van der Waals surface area contributed by atoms with Crippen molar-refractivity contribution in [3.63, 3.8) is 0 Å². The highest BCUT2D eigenvalue weighted by Crippen LogP contribution is 2.10. The van der Waals surface area contributed by atoms with E-state index in [1.54, 1.807) is 10.9 Å². The van der Waals surface area contributed by atoms with Crippen LogP contribution in [0.15, 0.2) is 22.8 Å². The topological polar surface area (TPSA) is 98.7 Å². The van der Waals surface area contributed by atoms with Gasteiger partial charge < -0.3 is 9.73 Å². The van der Waals surface area contributed by atoms with Gasteiger partial charge in [0.15, 0.2) is 5.69 Å². The molecule has 1 amide bonds. The van der Waals surface area contributed by atoms with Crippen LogP contribution in [0.2, 0.25) is 0 Å². The molecule has 0 aliphatic heterocycles. The van der Waals surface area contributed by atoms with E-state index in [4.69, 9.17) is 4.42 Å². The molecule has 0 aromatic carbocycles. The summed E-state index contributed by atoms with van der Waals surface area (Å²) in [6.45, 7) is 4.65. The Balaban J connectivity index is 1.61. The largest absolute Gasteiger partial charge is 0.469 e. The molecule has 0 aliphatic carbocycles. The SMILES string of the molecule is Cc1nsnc1Cn1nnc(C(=O)NCCc2ccco2)c1C. The van der Waals surface area contributed by atoms with Crippen LogP contribution in [0.1, 0.15) is 33.3 Å². The Kier molecular flexibility index (Phi) is 4.47. The predicted octanol–water partition coefficient (Wildman–Crippen LogP) is 1.36. The number of nitrogens with zero attached hydrogens (tertiary/aromatic N) is 5. The molecule has 0 unspecified atom stereocenters. The van der Waals surface area contributed by atoms with Gasteiger partial charge in [0.25, 0.3) is 5.91 Å². The number of aromatic nitrogens is 5. The summed E-state index contributed by atoms with van der Waals surface area (Å²) in [7, 11) is 0. The number of amides is 1. The maximum Gasteiger partial charge on any atom is 0.273 e. The molecule has 3 aromatic rings. The Morgan fingerprint density at radius 2 is 2.26 bits per heavy atom. The molecule has 0 aliphatic rings. The summed E-state index contributed by atoms with van der Waals surface area (Å²) in [6, 6.07) is 3.69. The molecule has 3 aromatic heterocycles. The molecule has 9 heteroatoms. The van der Waals surface area contributed by atoms with Gasteiger partial charge in [0.1, 0.15) is 5.76 Å². The molecule has 0 radical (unpaired) electrons. The van der Waals surface area contributed by atoms with Crippen LogP contribution in [0.25, 0.3) is 0 Å². The number of rotatable bonds is 6. The number of hydrogen-bond donors (Lipinski definition) is 1. The second kappa shape index (κ2) is 6.69. The zero-order valence-electron chi connectivity index (χ0n) is 12.8. The first-order valence-electron chi connectivity index (χ1n) is 7.14. The van der Waals surface area contributed by atoms with Gasteiger partial charge in [-0.15, -0.1) is 5.10 Å². The zero-order chi connectivity index (χ0) is 16.2. The minimum absolute atomic E-state index is 0.242. The second-order valence-electron chi connectivity index (χ2n) is 5.06. The number of aryl methyl sites for hydroxylation is 1. The third kappa shape index (κ3) is 3.45. The highest BCUT2D eigenvalue weighted by Gasteiger charge is 2.17. The molecule has 0 fully saturated rings. The summed E-state index contributed by atoms with van der Waals surface area (Å²) in [5.41, 5.74) is 2.74. The predicted molar refractivity (Wildman–Crippen MR) is 83.3 cm³/mol. The third-order valence-electron chi connectivity index (χ3n) is 3.48. The van der Waals surface area contributed by atoms with E-state index in [1.807, 2.05) is 26.0 Å². The van der Waals surface area contributed by atoms with Gasteiger partial charge >= 0.3 is 0 Å². The lowest BCUT2D eigenvalue weighted by atomic mass is 10.3. The van der Waals surface area contributed by atoms with Crippen molar-refractivity contribution in [1.29, 1.82) is 0 Å². The third-order valence-corrected chi connectivity index (χ3v) is 4.14. The van der Waals surface area contributed by atoms with Gasteiger partial charge in [-0.25, -0.2) is 4.68 Å². The van der Waals surface area contributed by atoms with Gasteiger partial charge in [0.2, 0.25) is 0 Å². The number of carbonyl (C=O) groups excluding carboxylic acids is 1. The molecule has 1 N–H and O–H groups in total. The minimum atomic E-state index is -0.242. The highest BCUT2D eigenvalue weighted by molar-refractivity contribution is 6.99. The van der Waals surface area contributed by atoms with Crippen LogP contribution in [0, 0.1) is 13.8 Å². The molecule has 23 heavy (non-hydrogen) atoms. The quantitative estimate of drug-likeness (QED) is 0.732. The summed E-state index contributed by atoms with van der Waals surface area (Å²) < 4.78 is 15.2. The van der Waals surface area contributed by atoms with Crippen LogP contribution in [0.5, 0.6) is 0 Å². The first kappa shape index (κ1) is 15.3. The molecular formula is C14H16N6O2S. The molecule has 0 saturated heterocycles. The Labute approximate surface area is 136 Å². The number of nitrogens with one attached hydrogen (secondary N) is 1. The molecule has 120 valence electrons. The Morgan fingerprint density at radius 3 is 2.96 bits per heavy atom. The molecule has 0 saturated carbocycles. The Hall–Kier alpha value is -2.55. The van der Waals surface area contributed by atoms with Crippen LogP contribution < -0.4 is 5.32 Å². The van der Waals surface area contributed by atoms with Gasteiger partial charge in [-0.3, -0.25) is 4.79 Å². The standard InChI is InChI=1S/C14H16N6O2S/c1-9-12(18-23-17-9)8-20-10(2)13(16-19-20)14(21)15-6-5-11-4-3-7-22-11/h3-4,7H,5-6,8H2,1-2H3,(H,15,21). The zero-order valence-corrected chi connectivity index (χ0v) is 13.6. The van der Waals surface area contributed by atoms with Crippen molar-refractivity contribution in [3.8, 4) is 0 Å². The molecule has 0 bridgehead atoms. The molecule has 8 nitrogen and oxygen atoms in total. The molecule has 0 atom stereocenters. The summed E-state index contributed by atoms with van der Waals surface area (Å²) in [5, 5.41) is 10.8. The average molecular weight is 332 g/mol. The van der Waals surface area contributed by atoms with E-state index in [0.29, 0.717) is 30.9 Å². The van der Waals surface area contributed by atoms with E-state index in [0.717, 1.165) is 28.9 Å². The van der Waals surface area contributed by atoms with Crippen LogP contribution in [-0.2, 0) is 13.0 Å². The van der Waals surface area contributed by atoms with Crippen molar-refractivity contribution in [1.82, 2.24) is 29.1 Å². The lowest BCUT2D eigenvalue weighted by Gasteiger charge is -2.03. The van der Waals surface area contributed by atoms with Crippen LogP contribution in [0.3, 0.4) is 0 Å².